The van der Waals surface area contributed by atoms with Gasteiger partial charge in [-0.05, 0) is 23.8 Å². The number of hydrogen-bond acceptors (Lipinski definition) is 3. The molecule has 0 saturated carbocycles. The van der Waals surface area contributed by atoms with E-state index in [1.165, 1.54) is 12.1 Å². The standard InChI is InChI=1S/C12H16FNO2/c1-15-11-4-3-10(13)5-9(11)6-12(16-2)7-14-8-12/h3-5,14H,6-8H2,1-2H3. The minimum Gasteiger partial charge on any atom is -0.496 e. The predicted octanol–water partition coefficient (Wildman–Crippen LogP) is 1.37. The molecule has 1 aromatic carbocycles. The quantitative estimate of drug-likeness (QED) is 0.839. The molecule has 1 N–H and O–H groups in total. The SMILES string of the molecule is COc1ccc(F)cc1CC1(OC)CNC1. The molecule has 1 aliphatic heterocycles. The average molecular weight is 225 g/mol. The van der Waals surface area contributed by atoms with Gasteiger partial charge in [-0.3, -0.25) is 0 Å². The number of nitrogens with one attached hydrogen (secondary N) is 1. The third kappa shape index (κ3) is 2.03. The molecule has 1 heterocycles. The van der Waals surface area contributed by atoms with Gasteiger partial charge in [0.1, 0.15) is 11.6 Å². The Hall–Kier alpha value is -1.13. The molecule has 3 nitrogen and oxygen atoms in total. The molecule has 0 aliphatic carbocycles. The van der Waals surface area contributed by atoms with Crippen molar-refractivity contribution in [2.75, 3.05) is 27.3 Å². The molecule has 0 unspecified atom stereocenters. The van der Waals surface area contributed by atoms with Gasteiger partial charge in [-0.2, -0.15) is 0 Å². The topological polar surface area (TPSA) is 30.5 Å². The molecule has 4 heteroatoms. The summed E-state index contributed by atoms with van der Waals surface area (Å²) in [7, 11) is 3.28. The largest absolute Gasteiger partial charge is 0.496 e. The number of rotatable bonds is 4. The van der Waals surface area contributed by atoms with E-state index in [-0.39, 0.29) is 11.4 Å². The van der Waals surface area contributed by atoms with Gasteiger partial charge >= 0.3 is 0 Å². The van der Waals surface area contributed by atoms with Gasteiger partial charge in [0.2, 0.25) is 0 Å². The van der Waals surface area contributed by atoms with Crippen molar-refractivity contribution in [3.8, 4) is 5.75 Å². The van der Waals surface area contributed by atoms with E-state index < -0.39 is 0 Å². The van der Waals surface area contributed by atoms with Gasteiger partial charge in [-0.25, -0.2) is 4.39 Å². The minimum absolute atomic E-state index is 0.207. The normalized spacial score (nSPS) is 17.9. The Bertz CT molecular complexity index is 372. The molecule has 1 aromatic rings. The van der Waals surface area contributed by atoms with Crippen molar-refractivity contribution in [3.63, 3.8) is 0 Å². The van der Waals surface area contributed by atoms with Gasteiger partial charge in [0.05, 0.1) is 12.7 Å². The first-order chi connectivity index (χ1) is 7.69. The number of methoxy groups -OCH3 is 2. The molecule has 88 valence electrons. The van der Waals surface area contributed by atoms with Crippen LogP contribution in [-0.4, -0.2) is 32.9 Å². The Morgan fingerprint density at radius 2 is 2.12 bits per heavy atom. The molecule has 2 rings (SSSR count). The minimum atomic E-state index is -0.241. The van der Waals surface area contributed by atoms with Crippen LogP contribution >= 0.6 is 0 Å². The van der Waals surface area contributed by atoms with Crippen LogP contribution < -0.4 is 10.1 Å². The Kier molecular flexibility index (Phi) is 3.12. The van der Waals surface area contributed by atoms with Gasteiger partial charge in [0, 0.05) is 26.6 Å². The molecule has 0 aromatic heterocycles. The molecule has 16 heavy (non-hydrogen) atoms. The van der Waals surface area contributed by atoms with Crippen molar-refractivity contribution in [2.24, 2.45) is 0 Å². The lowest BCUT2D eigenvalue weighted by Crippen LogP contribution is -2.61. The van der Waals surface area contributed by atoms with E-state index in [2.05, 4.69) is 5.32 Å². The molecule has 0 spiro atoms. The number of hydrogen-bond donors (Lipinski definition) is 1. The predicted molar refractivity (Wildman–Crippen MR) is 59.3 cm³/mol. The highest BCUT2D eigenvalue weighted by Gasteiger charge is 2.37. The van der Waals surface area contributed by atoms with Crippen LogP contribution in [0.4, 0.5) is 4.39 Å². The van der Waals surface area contributed by atoms with E-state index in [1.54, 1.807) is 20.3 Å². The average Bonchev–Trinajstić information content (AvgIpc) is 2.24. The zero-order valence-electron chi connectivity index (χ0n) is 9.55. The molecular weight excluding hydrogens is 209 g/mol. The monoisotopic (exact) mass is 225 g/mol. The second-order valence-corrected chi connectivity index (χ2v) is 4.12. The van der Waals surface area contributed by atoms with Crippen molar-refractivity contribution in [1.82, 2.24) is 5.32 Å². The van der Waals surface area contributed by atoms with Crippen LogP contribution in [0.25, 0.3) is 0 Å². The van der Waals surface area contributed by atoms with Crippen LogP contribution in [0.15, 0.2) is 18.2 Å². The highest BCUT2D eigenvalue weighted by molar-refractivity contribution is 5.35. The fourth-order valence-corrected chi connectivity index (χ4v) is 1.98. The maximum absolute atomic E-state index is 13.2. The first-order valence-corrected chi connectivity index (χ1v) is 5.27. The van der Waals surface area contributed by atoms with E-state index in [0.717, 1.165) is 18.7 Å². The second kappa shape index (κ2) is 4.39. The number of benzene rings is 1. The third-order valence-electron chi connectivity index (χ3n) is 3.08. The zero-order valence-corrected chi connectivity index (χ0v) is 9.55. The Morgan fingerprint density at radius 1 is 1.38 bits per heavy atom. The first kappa shape index (κ1) is 11.4. The van der Waals surface area contributed by atoms with E-state index in [4.69, 9.17) is 9.47 Å². The molecule has 0 amide bonds. The van der Waals surface area contributed by atoms with Gasteiger partial charge in [-0.1, -0.05) is 0 Å². The maximum atomic E-state index is 13.2. The Balaban J connectivity index is 2.22. The second-order valence-electron chi connectivity index (χ2n) is 4.12. The maximum Gasteiger partial charge on any atom is 0.123 e. The van der Waals surface area contributed by atoms with Gasteiger partial charge < -0.3 is 14.8 Å². The Labute approximate surface area is 94.6 Å². The molecule has 0 atom stereocenters. The van der Waals surface area contributed by atoms with Crippen LogP contribution in [0.3, 0.4) is 0 Å². The third-order valence-corrected chi connectivity index (χ3v) is 3.08. The molecule has 1 fully saturated rings. The lowest BCUT2D eigenvalue weighted by atomic mass is 9.88. The van der Waals surface area contributed by atoms with E-state index in [1.807, 2.05) is 0 Å². The molecule has 1 aliphatic rings. The molecule has 0 bridgehead atoms. The summed E-state index contributed by atoms with van der Waals surface area (Å²) < 4.78 is 23.9. The summed E-state index contributed by atoms with van der Waals surface area (Å²) in [6, 6.07) is 4.57. The first-order valence-electron chi connectivity index (χ1n) is 5.27. The fourth-order valence-electron chi connectivity index (χ4n) is 1.98. The fraction of sp³-hybridized carbons (Fsp3) is 0.500. The highest BCUT2D eigenvalue weighted by Crippen LogP contribution is 2.28. The van der Waals surface area contributed by atoms with Gasteiger partial charge in [0.25, 0.3) is 0 Å². The van der Waals surface area contributed by atoms with E-state index in [9.17, 15) is 4.39 Å². The number of ether oxygens (including phenoxy) is 2. The summed E-state index contributed by atoms with van der Waals surface area (Å²) in [6.07, 6.45) is 0.664. The van der Waals surface area contributed by atoms with E-state index in [0.29, 0.717) is 12.2 Å². The lowest BCUT2D eigenvalue weighted by molar-refractivity contribution is -0.0505. The van der Waals surface area contributed by atoms with Gasteiger partial charge in [0.15, 0.2) is 0 Å². The number of halogens is 1. The van der Waals surface area contributed by atoms with Crippen LogP contribution in [0.2, 0.25) is 0 Å². The van der Waals surface area contributed by atoms with Crippen molar-refractivity contribution in [1.29, 1.82) is 0 Å². The summed E-state index contributed by atoms with van der Waals surface area (Å²) in [5.74, 6) is 0.471. The van der Waals surface area contributed by atoms with Crippen LogP contribution in [0, 0.1) is 5.82 Å². The van der Waals surface area contributed by atoms with Crippen molar-refractivity contribution >= 4 is 0 Å². The summed E-state index contributed by atoms with van der Waals surface area (Å²) in [5, 5.41) is 3.17. The Morgan fingerprint density at radius 3 is 2.62 bits per heavy atom. The molecular formula is C12H16FNO2. The van der Waals surface area contributed by atoms with Crippen molar-refractivity contribution in [3.05, 3.63) is 29.6 Å². The molecule has 0 radical (unpaired) electrons. The van der Waals surface area contributed by atoms with Crippen molar-refractivity contribution in [2.45, 2.75) is 12.0 Å². The van der Waals surface area contributed by atoms with Gasteiger partial charge in [-0.15, -0.1) is 0 Å². The smallest absolute Gasteiger partial charge is 0.123 e. The zero-order chi connectivity index (χ0) is 11.6. The summed E-state index contributed by atoms with van der Waals surface area (Å²) in [4.78, 5) is 0. The van der Waals surface area contributed by atoms with Crippen LogP contribution in [-0.2, 0) is 11.2 Å². The highest BCUT2D eigenvalue weighted by atomic mass is 19.1. The lowest BCUT2D eigenvalue weighted by Gasteiger charge is -2.41. The van der Waals surface area contributed by atoms with Crippen molar-refractivity contribution < 1.29 is 13.9 Å². The van der Waals surface area contributed by atoms with Crippen LogP contribution in [0.1, 0.15) is 5.56 Å². The van der Waals surface area contributed by atoms with Crippen LogP contribution in [0.5, 0.6) is 5.75 Å². The summed E-state index contributed by atoms with van der Waals surface area (Å²) in [5.41, 5.74) is 0.645. The molecule has 1 saturated heterocycles. The van der Waals surface area contributed by atoms with E-state index >= 15 is 0 Å². The summed E-state index contributed by atoms with van der Waals surface area (Å²) >= 11 is 0. The summed E-state index contributed by atoms with van der Waals surface area (Å²) in [6.45, 7) is 1.59.